The molecule has 39 heavy (non-hydrogen) atoms. The van der Waals surface area contributed by atoms with E-state index in [1.807, 2.05) is 56.3 Å². The van der Waals surface area contributed by atoms with Crippen molar-refractivity contribution in [3.05, 3.63) is 90.0 Å². The van der Waals surface area contributed by atoms with Crippen LogP contribution in [0.5, 0.6) is 0 Å². The summed E-state index contributed by atoms with van der Waals surface area (Å²) in [7, 11) is 0. The third kappa shape index (κ3) is 8.15. The van der Waals surface area contributed by atoms with Gasteiger partial charge in [0.15, 0.2) is 0 Å². The number of benzene rings is 3. The van der Waals surface area contributed by atoms with Crippen LogP contribution in [-0.2, 0) is 22.7 Å². The average Bonchev–Trinajstić information content (AvgIpc) is 3.72. The van der Waals surface area contributed by atoms with E-state index in [-0.39, 0.29) is 29.6 Å². The van der Waals surface area contributed by atoms with E-state index in [2.05, 4.69) is 62.6 Å². The van der Waals surface area contributed by atoms with Gasteiger partial charge < -0.3 is 26.2 Å². The molecule has 2 unspecified atom stereocenters. The van der Waals surface area contributed by atoms with E-state index < -0.39 is 0 Å². The maximum atomic E-state index is 12.4. The van der Waals surface area contributed by atoms with Crippen LogP contribution < -0.4 is 26.2 Å². The van der Waals surface area contributed by atoms with Crippen LogP contribution in [0.15, 0.2) is 78.9 Å². The highest BCUT2D eigenvalue weighted by molar-refractivity contribution is 5.95. The van der Waals surface area contributed by atoms with Gasteiger partial charge in [-0.05, 0) is 86.3 Å². The third-order valence-electron chi connectivity index (χ3n) is 7.06. The Morgan fingerprint density at radius 3 is 1.54 bits per heavy atom. The van der Waals surface area contributed by atoms with E-state index in [1.54, 1.807) is 0 Å². The number of hydrogen-bond acceptors (Lipinski definition) is 5. The van der Waals surface area contributed by atoms with Crippen LogP contribution in [0.25, 0.3) is 0 Å². The molecule has 5 rings (SSSR count). The second-order valence-electron chi connectivity index (χ2n) is 9.86. The molecule has 3 aromatic carbocycles. The van der Waals surface area contributed by atoms with Crippen molar-refractivity contribution < 1.29 is 15.3 Å². The number of nitrogens with one attached hydrogen (secondary N) is 4. The number of para-hydroxylation sites is 1. The summed E-state index contributed by atoms with van der Waals surface area (Å²) in [5.41, 5.74) is 5.10. The highest BCUT2D eigenvalue weighted by atomic mass is 16.2. The molecule has 0 aromatic heterocycles. The number of amides is 2. The van der Waals surface area contributed by atoms with Crippen molar-refractivity contribution in [2.75, 3.05) is 28.6 Å². The zero-order valence-corrected chi connectivity index (χ0v) is 23.1. The quantitative estimate of drug-likeness (QED) is 0.259. The van der Waals surface area contributed by atoms with Gasteiger partial charge in [-0.1, -0.05) is 56.3 Å². The summed E-state index contributed by atoms with van der Waals surface area (Å²) >= 11 is 0. The highest BCUT2D eigenvalue weighted by Crippen LogP contribution is 2.22. The molecule has 0 saturated carbocycles. The Kier molecular flexibility index (Phi) is 10.5. The summed E-state index contributed by atoms with van der Waals surface area (Å²) < 4.78 is 0. The van der Waals surface area contributed by atoms with Gasteiger partial charge in [0.1, 0.15) is 0 Å². The van der Waals surface area contributed by atoms with Gasteiger partial charge in [-0.2, -0.15) is 0 Å². The van der Waals surface area contributed by atoms with Crippen LogP contribution in [0.4, 0.5) is 17.1 Å². The minimum absolute atomic E-state index is 0. The zero-order chi connectivity index (χ0) is 27.5. The predicted octanol–water partition coefficient (Wildman–Crippen LogP) is 6.28. The fourth-order valence-corrected chi connectivity index (χ4v) is 4.98. The van der Waals surface area contributed by atoms with Gasteiger partial charge >= 0.3 is 0 Å². The first-order valence-corrected chi connectivity index (χ1v) is 14.2. The Morgan fingerprint density at radius 1 is 0.718 bits per heavy atom. The Bertz CT molecular complexity index is 1110. The number of carbonyl (C=O) groups excluding carboxylic acids is 2. The van der Waals surface area contributed by atoms with E-state index in [0.29, 0.717) is 0 Å². The molecule has 3 aromatic rings. The van der Waals surface area contributed by atoms with Gasteiger partial charge in [-0.25, -0.2) is 0 Å². The average molecular weight is 536 g/mol. The van der Waals surface area contributed by atoms with Gasteiger partial charge in [0.05, 0.1) is 12.1 Å². The summed E-state index contributed by atoms with van der Waals surface area (Å²) in [6.45, 7) is 7.27. The van der Waals surface area contributed by atoms with Crippen LogP contribution in [0.1, 0.15) is 56.4 Å². The number of anilines is 3. The second-order valence-corrected chi connectivity index (χ2v) is 9.86. The molecule has 2 amide bonds. The normalized spacial score (nSPS) is 18.1. The van der Waals surface area contributed by atoms with E-state index >= 15 is 0 Å². The lowest BCUT2D eigenvalue weighted by molar-refractivity contribution is -0.118. The van der Waals surface area contributed by atoms with Crippen molar-refractivity contribution in [2.24, 2.45) is 0 Å². The van der Waals surface area contributed by atoms with Crippen LogP contribution in [0.3, 0.4) is 0 Å². The molecule has 0 bridgehead atoms. The van der Waals surface area contributed by atoms with Crippen molar-refractivity contribution in [1.29, 1.82) is 0 Å². The van der Waals surface area contributed by atoms with Crippen LogP contribution in [-0.4, -0.2) is 37.0 Å². The molecule has 2 aliphatic rings. The van der Waals surface area contributed by atoms with Gasteiger partial charge in [0, 0.05) is 35.9 Å². The number of nitrogens with zero attached hydrogens (tertiary/aromatic N) is 1. The van der Waals surface area contributed by atoms with Crippen molar-refractivity contribution in [1.82, 2.24) is 10.6 Å². The maximum Gasteiger partial charge on any atom is 0.241 e. The molecule has 7 heteroatoms. The van der Waals surface area contributed by atoms with E-state index in [0.717, 1.165) is 80.1 Å². The highest BCUT2D eigenvalue weighted by Gasteiger charge is 2.22. The molecule has 2 heterocycles. The number of hydrogen-bond donors (Lipinski definition) is 4. The first-order chi connectivity index (χ1) is 19.1. The monoisotopic (exact) mass is 535 g/mol. The SMILES string of the molecule is CC.O=C(Nc1ccc(CN(Cc2ccc(NC(=O)C3CCCN3)cc2)c2ccccc2)cc1)C1CCCN1.[HH].[HH].[HH].[HH]. The number of carbonyl (C=O) groups is 2. The fourth-order valence-electron chi connectivity index (χ4n) is 4.98. The predicted molar refractivity (Wildman–Crippen MR) is 168 cm³/mol. The van der Waals surface area contributed by atoms with Gasteiger partial charge in [-0.15, -0.1) is 0 Å². The Labute approximate surface area is 238 Å². The first-order valence-electron chi connectivity index (χ1n) is 14.2. The zero-order valence-electron chi connectivity index (χ0n) is 23.1. The second kappa shape index (κ2) is 14.5. The standard InChI is InChI=1S/C30H35N5O2.C2H6.4H2/c36-29(27-8-4-18-31-27)33-24-14-10-22(11-15-24)20-35(26-6-2-1-3-7-26)21-23-12-16-25(17-13-23)34-30(37)28-9-5-19-32-28;1-2;;;;/h1-3,6-7,10-17,27-28,31-32H,4-5,8-9,18-21H2,(H,33,36)(H,34,37);1-2H3;4*1H. The van der Waals surface area contributed by atoms with E-state index in [1.165, 1.54) is 0 Å². The molecule has 7 nitrogen and oxygen atoms in total. The fraction of sp³-hybridized carbons (Fsp3) is 0.375. The van der Waals surface area contributed by atoms with E-state index in [9.17, 15) is 9.59 Å². The summed E-state index contributed by atoms with van der Waals surface area (Å²) in [5.74, 6) is 0.0746. The third-order valence-corrected chi connectivity index (χ3v) is 7.06. The van der Waals surface area contributed by atoms with Crippen LogP contribution in [0, 0.1) is 0 Å². The lowest BCUT2D eigenvalue weighted by Crippen LogP contribution is -2.35. The minimum atomic E-state index is -0.0904. The topological polar surface area (TPSA) is 85.5 Å². The Balaban J connectivity index is 0.00000288. The first kappa shape index (κ1) is 28.3. The summed E-state index contributed by atoms with van der Waals surface area (Å²) in [4.78, 5) is 27.1. The molecule has 4 N–H and O–H groups in total. The molecular formula is C32H49N5O2. The van der Waals surface area contributed by atoms with Crippen LogP contribution in [0.2, 0.25) is 0 Å². The van der Waals surface area contributed by atoms with Gasteiger partial charge in [-0.3, -0.25) is 9.59 Å². The molecule has 2 saturated heterocycles. The largest absolute Gasteiger partial charge is 0.363 e. The van der Waals surface area contributed by atoms with Crippen LogP contribution >= 0.6 is 0 Å². The summed E-state index contributed by atoms with van der Waals surface area (Å²) in [6.07, 6.45) is 3.87. The minimum Gasteiger partial charge on any atom is -0.363 e. The Hall–Kier alpha value is -3.68. The van der Waals surface area contributed by atoms with Gasteiger partial charge in [0.2, 0.25) is 11.8 Å². The van der Waals surface area contributed by atoms with Gasteiger partial charge in [0.25, 0.3) is 0 Å². The van der Waals surface area contributed by atoms with Crippen molar-refractivity contribution in [2.45, 2.75) is 64.7 Å². The number of rotatable bonds is 9. The lowest BCUT2D eigenvalue weighted by atomic mass is 10.1. The lowest BCUT2D eigenvalue weighted by Gasteiger charge is -2.25. The molecule has 2 aliphatic heterocycles. The molecule has 0 spiro atoms. The molecule has 2 fully saturated rings. The van der Waals surface area contributed by atoms with Crippen molar-refractivity contribution in [3.8, 4) is 0 Å². The van der Waals surface area contributed by atoms with Crippen molar-refractivity contribution >= 4 is 28.9 Å². The molecule has 0 radical (unpaired) electrons. The maximum absolute atomic E-state index is 12.4. The van der Waals surface area contributed by atoms with Crippen molar-refractivity contribution in [3.63, 3.8) is 0 Å². The molecular weight excluding hydrogens is 486 g/mol. The molecule has 214 valence electrons. The Morgan fingerprint density at radius 2 is 1.15 bits per heavy atom. The summed E-state index contributed by atoms with van der Waals surface area (Å²) in [6, 6.07) is 26.4. The molecule has 2 atom stereocenters. The summed E-state index contributed by atoms with van der Waals surface area (Å²) in [5, 5.41) is 12.5. The smallest absolute Gasteiger partial charge is 0.241 e. The molecule has 0 aliphatic carbocycles. The van der Waals surface area contributed by atoms with E-state index in [4.69, 9.17) is 0 Å².